The summed E-state index contributed by atoms with van der Waals surface area (Å²) in [6.07, 6.45) is 2.60. The fourth-order valence-corrected chi connectivity index (χ4v) is 1.67. The van der Waals surface area contributed by atoms with Crippen LogP contribution in [0.15, 0.2) is 0 Å². The van der Waals surface area contributed by atoms with E-state index in [0.29, 0.717) is 0 Å². The smallest absolute Gasteiger partial charge is 0.121 e. The Balaban J connectivity index is 3.50. The van der Waals surface area contributed by atoms with Gasteiger partial charge < -0.3 is 0 Å². The Bertz CT molecular complexity index is 61.9. The van der Waals surface area contributed by atoms with Crippen molar-refractivity contribution in [3.63, 3.8) is 0 Å². The van der Waals surface area contributed by atoms with Crippen molar-refractivity contribution in [1.29, 1.82) is 0 Å². The molecule has 0 N–H and O–H groups in total. The molecule has 0 radical (unpaired) electrons. The molecule has 0 aromatic rings. The highest BCUT2D eigenvalue weighted by atomic mass is 31.0. The molecular weight excluding hydrogens is 126 g/mol. The van der Waals surface area contributed by atoms with Crippen molar-refractivity contribution >= 4 is 16.5 Å². The van der Waals surface area contributed by atoms with Gasteiger partial charge in [-0.05, 0) is 12.1 Å². The first kappa shape index (κ1) is 9.49. The van der Waals surface area contributed by atoms with Gasteiger partial charge in [-0.2, -0.15) is 0 Å². The molecule has 9 heavy (non-hydrogen) atoms. The van der Waals surface area contributed by atoms with Crippen LogP contribution in [0.4, 0.5) is 0 Å². The molecule has 0 aliphatic rings. The van der Waals surface area contributed by atoms with Crippen molar-refractivity contribution in [2.24, 2.45) is 5.92 Å². The van der Waals surface area contributed by atoms with Crippen LogP contribution in [-0.4, -0.2) is 13.4 Å². The highest BCUT2D eigenvalue weighted by Crippen LogP contribution is 2.22. The van der Waals surface area contributed by atoms with Crippen molar-refractivity contribution in [1.82, 2.24) is 0 Å². The summed E-state index contributed by atoms with van der Waals surface area (Å²) in [6, 6.07) is 0. The third-order valence-corrected chi connectivity index (χ3v) is 2.97. The lowest BCUT2D eigenvalue weighted by Crippen LogP contribution is -2.10. The minimum Gasteiger partial charge on any atom is -0.137 e. The summed E-state index contributed by atoms with van der Waals surface area (Å²) in [4.78, 5) is 0. The van der Waals surface area contributed by atoms with Crippen molar-refractivity contribution in [3.8, 4) is 0 Å². The molecule has 0 aliphatic carbocycles. The first-order valence-electron chi connectivity index (χ1n) is 3.96. The average molecular weight is 144 g/mol. The largest absolute Gasteiger partial charge is 0.137 e. The Kier molecular flexibility index (Phi) is 5.58. The molecular formula is C7H18BP. The SMILES string of the molecule is CB[C@H](CC)[C@@H](C)CP. The molecule has 0 aromatic carbocycles. The van der Waals surface area contributed by atoms with Gasteiger partial charge in [0, 0.05) is 0 Å². The van der Waals surface area contributed by atoms with E-state index in [1.54, 1.807) is 0 Å². The van der Waals surface area contributed by atoms with Crippen molar-refractivity contribution < 1.29 is 0 Å². The fraction of sp³-hybridized carbons (Fsp3) is 1.00. The van der Waals surface area contributed by atoms with E-state index in [1.807, 2.05) is 0 Å². The lowest BCUT2D eigenvalue weighted by atomic mass is 9.61. The zero-order valence-corrected chi connectivity index (χ0v) is 8.01. The molecule has 0 heterocycles. The predicted octanol–water partition coefficient (Wildman–Crippen LogP) is 2.18. The Morgan fingerprint density at radius 3 is 2.22 bits per heavy atom. The average Bonchev–Trinajstić information content (AvgIpc) is 1.90. The van der Waals surface area contributed by atoms with Gasteiger partial charge in [-0.1, -0.05) is 32.9 Å². The maximum Gasteiger partial charge on any atom is 0.121 e. The van der Waals surface area contributed by atoms with E-state index in [1.165, 1.54) is 19.9 Å². The molecule has 0 rings (SSSR count). The summed E-state index contributed by atoms with van der Waals surface area (Å²) in [5, 5.41) is 0. The fourth-order valence-electron chi connectivity index (χ4n) is 1.29. The summed E-state index contributed by atoms with van der Waals surface area (Å²) in [6.45, 7) is 6.90. The monoisotopic (exact) mass is 144 g/mol. The van der Waals surface area contributed by atoms with Gasteiger partial charge in [-0.3, -0.25) is 0 Å². The summed E-state index contributed by atoms with van der Waals surface area (Å²) in [5.41, 5.74) is 0. The van der Waals surface area contributed by atoms with Crippen LogP contribution in [0.2, 0.25) is 12.6 Å². The van der Waals surface area contributed by atoms with Crippen LogP contribution in [0.1, 0.15) is 20.3 Å². The topological polar surface area (TPSA) is 0 Å². The number of rotatable bonds is 4. The van der Waals surface area contributed by atoms with Gasteiger partial charge in [-0.25, -0.2) is 0 Å². The Morgan fingerprint density at radius 2 is 2.11 bits per heavy atom. The molecule has 0 fully saturated rings. The van der Waals surface area contributed by atoms with Crippen molar-refractivity contribution in [2.75, 3.05) is 6.16 Å². The summed E-state index contributed by atoms with van der Waals surface area (Å²) >= 11 is 0. The Hall–Kier alpha value is 0.495. The highest BCUT2D eigenvalue weighted by molar-refractivity contribution is 7.16. The van der Waals surface area contributed by atoms with Crippen LogP contribution in [0.3, 0.4) is 0 Å². The van der Waals surface area contributed by atoms with E-state index < -0.39 is 0 Å². The van der Waals surface area contributed by atoms with E-state index in [9.17, 15) is 0 Å². The molecule has 0 saturated carbocycles. The molecule has 0 nitrogen and oxygen atoms in total. The van der Waals surface area contributed by atoms with E-state index in [-0.39, 0.29) is 0 Å². The van der Waals surface area contributed by atoms with Crippen LogP contribution < -0.4 is 0 Å². The van der Waals surface area contributed by atoms with Gasteiger partial charge in [0.25, 0.3) is 0 Å². The first-order valence-corrected chi connectivity index (χ1v) is 4.77. The molecule has 0 aliphatic heterocycles. The maximum absolute atomic E-state index is 2.82. The van der Waals surface area contributed by atoms with E-state index in [4.69, 9.17) is 0 Å². The summed E-state index contributed by atoms with van der Waals surface area (Å²) in [7, 11) is 4.16. The minimum absolute atomic E-state index is 0.894. The minimum atomic E-state index is 0.894. The highest BCUT2D eigenvalue weighted by Gasteiger charge is 2.10. The van der Waals surface area contributed by atoms with Crippen LogP contribution in [-0.2, 0) is 0 Å². The zero-order valence-electron chi connectivity index (χ0n) is 6.85. The number of hydrogen-bond donors (Lipinski definition) is 0. The third kappa shape index (κ3) is 3.25. The molecule has 1 unspecified atom stereocenters. The van der Waals surface area contributed by atoms with Gasteiger partial charge in [0.05, 0.1) is 0 Å². The third-order valence-electron chi connectivity index (χ3n) is 2.23. The van der Waals surface area contributed by atoms with E-state index >= 15 is 0 Å². The van der Waals surface area contributed by atoms with Crippen LogP contribution >= 0.6 is 9.24 Å². The zero-order chi connectivity index (χ0) is 7.28. The molecule has 0 saturated heterocycles. The van der Waals surface area contributed by atoms with Crippen molar-refractivity contribution in [3.05, 3.63) is 0 Å². The Labute approximate surface area is 62.2 Å². The number of hydrogen-bond acceptors (Lipinski definition) is 0. The van der Waals surface area contributed by atoms with Gasteiger partial charge in [0.15, 0.2) is 0 Å². The molecule has 0 aromatic heterocycles. The second kappa shape index (κ2) is 5.29. The Morgan fingerprint density at radius 1 is 1.56 bits per heavy atom. The second-order valence-corrected chi connectivity index (χ2v) is 3.26. The molecule has 54 valence electrons. The van der Waals surface area contributed by atoms with Crippen LogP contribution in [0.25, 0.3) is 0 Å². The molecule has 0 amide bonds. The van der Waals surface area contributed by atoms with E-state index in [0.717, 1.165) is 11.7 Å². The quantitative estimate of drug-likeness (QED) is 0.419. The normalized spacial score (nSPS) is 16.9. The van der Waals surface area contributed by atoms with Gasteiger partial charge >= 0.3 is 0 Å². The molecule has 0 spiro atoms. The lowest BCUT2D eigenvalue weighted by Gasteiger charge is -2.17. The van der Waals surface area contributed by atoms with Crippen LogP contribution in [0, 0.1) is 5.92 Å². The summed E-state index contributed by atoms with van der Waals surface area (Å²) in [5.74, 6) is 1.84. The first-order chi connectivity index (χ1) is 4.26. The van der Waals surface area contributed by atoms with Gasteiger partial charge in [-0.15, -0.1) is 9.24 Å². The van der Waals surface area contributed by atoms with E-state index in [2.05, 4.69) is 29.9 Å². The second-order valence-electron chi connectivity index (χ2n) is 2.79. The van der Waals surface area contributed by atoms with Crippen LogP contribution in [0.5, 0.6) is 0 Å². The predicted molar refractivity (Wildman–Crippen MR) is 50.8 cm³/mol. The standard InChI is InChI=1S/C7H18BP/c1-4-7(8-3)6(2)5-9/h6-8H,4-5,9H2,1-3H3/t6-,7+/m0/s1. The van der Waals surface area contributed by atoms with Gasteiger partial charge in [0.1, 0.15) is 7.28 Å². The molecule has 3 atom stereocenters. The van der Waals surface area contributed by atoms with Gasteiger partial charge in [0.2, 0.25) is 0 Å². The lowest BCUT2D eigenvalue weighted by molar-refractivity contribution is 0.579. The maximum atomic E-state index is 2.82. The molecule has 2 heteroatoms. The van der Waals surface area contributed by atoms with Crippen molar-refractivity contribution in [2.45, 2.75) is 32.9 Å². The summed E-state index contributed by atoms with van der Waals surface area (Å²) < 4.78 is 0. The molecule has 0 bridgehead atoms.